The summed E-state index contributed by atoms with van der Waals surface area (Å²) >= 11 is 7.20. The molecule has 0 aliphatic heterocycles. The average molecular weight is 444 g/mol. The Balaban J connectivity index is 1.79. The SMILES string of the molecule is CCOC(=O)c1c(-c2ccc(OC)cc2)csc1NC(=O)CCc1ccc(Cl)cc1. The standard InChI is InChI=1S/C23H22ClNO4S/c1-3-29-23(27)21-19(16-7-11-18(28-2)12-8-16)14-30-22(21)25-20(26)13-6-15-4-9-17(24)10-5-15/h4-5,7-12,14H,3,6,13H2,1-2H3,(H,25,26). The van der Waals surface area contributed by atoms with E-state index in [1.54, 1.807) is 26.2 Å². The predicted octanol–water partition coefficient (Wildman–Crippen LogP) is 5.83. The van der Waals surface area contributed by atoms with Gasteiger partial charge in [-0.2, -0.15) is 0 Å². The Kier molecular flexibility index (Phi) is 7.49. The van der Waals surface area contributed by atoms with Gasteiger partial charge in [-0.25, -0.2) is 4.79 Å². The third-order valence-corrected chi connectivity index (χ3v) is 5.63. The van der Waals surface area contributed by atoms with E-state index in [4.69, 9.17) is 21.1 Å². The largest absolute Gasteiger partial charge is 0.497 e. The molecule has 2 aromatic carbocycles. The number of ether oxygens (including phenoxy) is 2. The van der Waals surface area contributed by atoms with Gasteiger partial charge in [0.15, 0.2) is 0 Å². The van der Waals surface area contributed by atoms with Crippen LogP contribution in [0.15, 0.2) is 53.9 Å². The van der Waals surface area contributed by atoms with Gasteiger partial charge < -0.3 is 14.8 Å². The number of amides is 1. The molecule has 0 radical (unpaired) electrons. The van der Waals surface area contributed by atoms with Crippen molar-refractivity contribution in [3.05, 3.63) is 70.1 Å². The number of esters is 1. The van der Waals surface area contributed by atoms with Gasteiger partial charge in [0.25, 0.3) is 0 Å². The van der Waals surface area contributed by atoms with E-state index in [0.29, 0.717) is 34.0 Å². The molecular formula is C23H22ClNO4S. The number of thiophene rings is 1. The smallest absolute Gasteiger partial charge is 0.341 e. The summed E-state index contributed by atoms with van der Waals surface area (Å²) in [6, 6.07) is 14.8. The molecule has 3 aromatic rings. The van der Waals surface area contributed by atoms with Crippen LogP contribution in [0.3, 0.4) is 0 Å². The summed E-state index contributed by atoms with van der Waals surface area (Å²) < 4.78 is 10.4. The fourth-order valence-electron chi connectivity index (χ4n) is 2.94. The Bertz CT molecular complexity index is 1010. The summed E-state index contributed by atoms with van der Waals surface area (Å²) in [5.41, 5.74) is 2.95. The maximum Gasteiger partial charge on any atom is 0.341 e. The highest BCUT2D eigenvalue weighted by Crippen LogP contribution is 2.37. The molecule has 1 amide bonds. The predicted molar refractivity (Wildman–Crippen MR) is 121 cm³/mol. The van der Waals surface area contributed by atoms with Crippen LogP contribution in [0.1, 0.15) is 29.3 Å². The van der Waals surface area contributed by atoms with Gasteiger partial charge in [-0.15, -0.1) is 11.3 Å². The molecule has 1 heterocycles. The van der Waals surface area contributed by atoms with E-state index >= 15 is 0 Å². The average Bonchev–Trinajstić information content (AvgIpc) is 3.17. The third-order valence-electron chi connectivity index (χ3n) is 4.48. The van der Waals surface area contributed by atoms with E-state index in [1.807, 2.05) is 41.8 Å². The summed E-state index contributed by atoms with van der Waals surface area (Å²) in [6.07, 6.45) is 0.869. The van der Waals surface area contributed by atoms with Gasteiger partial charge in [-0.3, -0.25) is 4.79 Å². The molecule has 156 valence electrons. The van der Waals surface area contributed by atoms with Crippen LogP contribution in [-0.4, -0.2) is 25.6 Å². The van der Waals surface area contributed by atoms with Gasteiger partial charge in [-0.05, 0) is 48.7 Å². The van der Waals surface area contributed by atoms with Gasteiger partial charge in [0.1, 0.15) is 16.3 Å². The van der Waals surface area contributed by atoms with Crippen LogP contribution in [-0.2, 0) is 16.0 Å². The van der Waals surface area contributed by atoms with E-state index in [9.17, 15) is 9.59 Å². The topological polar surface area (TPSA) is 64.6 Å². The monoisotopic (exact) mass is 443 g/mol. The molecule has 7 heteroatoms. The first-order valence-electron chi connectivity index (χ1n) is 9.49. The normalized spacial score (nSPS) is 10.5. The minimum atomic E-state index is -0.461. The number of rotatable bonds is 8. The number of hydrogen-bond acceptors (Lipinski definition) is 5. The number of carbonyl (C=O) groups excluding carboxylic acids is 2. The van der Waals surface area contributed by atoms with E-state index in [0.717, 1.165) is 16.9 Å². The molecule has 0 atom stereocenters. The molecule has 3 rings (SSSR count). The molecule has 0 aliphatic carbocycles. The van der Waals surface area contributed by atoms with Crippen molar-refractivity contribution in [2.75, 3.05) is 19.0 Å². The van der Waals surface area contributed by atoms with Crippen LogP contribution in [0.4, 0.5) is 5.00 Å². The van der Waals surface area contributed by atoms with Crippen molar-refractivity contribution >= 4 is 39.8 Å². The lowest BCUT2D eigenvalue weighted by molar-refractivity contribution is -0.116. The zero-order valence-electron chi connectivity index (χ0n) is 16.7. The van der Waals surface area contributed by atoms with E-state index in [1.165, 1.54) is 11.3 Å². The quantitative estimate of drug-likeness (QED) is 0.445. The summed E-state index contributed by atoms with van der Waals surface area (Å²) in [4.78, 5) is 25.1. The van der Waals surface area contributed by atoms with E-state index < -0.39 is 5.97 Å². The van der Waals surface area contributed by atoms with Crippen molar-refractivity contribution in [3.63, 3.8) is 0 Å². The van der Waals surface area contributed by atoms with Crippen molar-refractivity contribution in [3.8, 4) is 16.9 Å². The second kappa shape index (κ2) is 10.3. The Morgan fingerprint density at radius 3 is 2.40 bits per heavy atom. The van der Waals surface area contributed by atoms with Gasteiger partial charge in [-0.1, -0.05) is 35.9 Å². The third kappa shape index (κ3) is 5.40. The minimum Gasteiger partial charge on any atom is -0.497 e. The number of anilines is 1. The van der Waals surface area contributed by atoms with E-state index in [2.05, 4.69) is 5.32 Å². The Morgan fingerprint density at radius 1 is 1.07 bits per heavy atom. The molecule has 1 N–H and O–H groups in total. The Morgan fingerprint density at radius 2 is 1.77 bits per heavy atom. The molecule has 0 aliphatic rings. The molecule has 0 saturated carbocycles. The summed E-state index contributed by atoms with van der Waals surface area (Å²) in [5, 5.41) is 5.87. The van der Waals surface area contributed by atoms with E-state index in [-0.39, 0.29) is 12.5 Å². The summed E-state index contributed by atoms with van der Waals surface area (Å²) in [6.45, 7) is 2.00. The first-order valence-corrected chi connectivity index (χ1v) is 10.7. The number of hydrogen-bond donors (Lipinski definition) is 1. The second-order valence-corrected chi connectivity index (χ2v) is 7.79. The number of halogens is 1. The molecule has 30 heavy (non-hydrogen) atoms. The Hall–Kier alpha value is -2.83. The van der Waals surface area contributed by atoms with Crippen molar-refractivity contribution in [1.82, 2.24) is 0 Å². The van der Waals surface area contributed by atoms with Crippen molar-refractivity contribution in [1.29, 1.82) is 0 Å². The highest BCUT2D eigenvalue weighted by molar-refractivity contribution is 7.15. The molecule has 0 bridgehead atoms. The zero-order chi connectivity index (χ0) is 21.5. The van der Waals surface area contributed by atoms with Gasteiger partial charge >= 0.3 is 5.97 Å². The number of carbonyl (C=O) groups is 2. The molecule has 0 saturated heterocycles. The van der Waals surface area contributed by atoms with Gasteiger partial charge in [0.2, 0.25) is 5.91 Å². The number of benzene rings is 2. The minimum absolute atomic E-state index is 0.168. The van der Waals surface area contributed by atoms with Crippen LogP contribution in [0.2, 0.25) is 5.02 Å². The Labute approximate surface area is 184 Å². The maximum absolute atomic E-state index is 12.6. The highest BCUT2D eigenvalue weighted by Gasteiger charge is 2.22. The lowest BCUT2D eigenvalue weighted by atomic mass is 10.0. The maximum atomic E-state index is 12.6. The molecule has 0 spiro atoms. The zero-order valence-corrected chi connectivity index (χ0v) is 18.3. The number of aryl methyl sites for hydroxylation is 1. The summed E-state index contributed by atoms with van der Waals surface area (Å²) in [7, 11) is 1.60. The molecular weight excluding hydrogens is 422 g/mol. The van der Waals surface area contributed by atoms with Crippen LogP contribution in [0.5, 0.6) is 5.75 Å². The fourth-order valence-corrected chi connectivity index (χ4v) is 4.04. The van der Waals surface area contributed by atoms with Crippen molar-refractivity contribution in [2.45, 2.75) is 19.8 Å². The van der Waals surface area contributed by atoms with Crippen LogP contribution >= 0.6 is 22.9 Å². The lowest BCUT2D eigenvalue weighted by Gasteiger charge is -2.09. The number of methoxy groups -OCH3 is 1. The fraction of sp³-hybridized carbons (Fsp3) is 0.217. The second-order valence-electron chi connectivity index (χ2n) is 6.48. The molecule has 5 nitrogen and oxygen atoms in total. The number of nitrogens with one attached hydrogen (secondary N) is 1. The first kappa shape index (κ1) is 21.9. The summed E-state index contributed by atoms with van der Waals surface area (Å²) in [5.74, 6) is 0.0959. The van der Waals surface area contributed by atoms with Crippen LogP contribution in [0.25, 0.3) is 11.1 Å². The van der Waals surface area contributed by atoms with Crippen molar-refractivity contribution in [2.24, 2.45) is 0 Å². The van der Waals surface area contributed by atoms with Gasteiger partial charge in [0, 0.05) is 22.4 Å². The first-order chi connectivity index (χ1) is 14.5. The molecule has 1 aromatic heterocycles. The molecule has 0 unspecified atom stereocenters. The van der Waals surface area contributed by atoms with Gasteiger partial charge in [0.05, 0.1) is 13.7 Å². The van der Waals surface area contributed by atoms with Crippen molar-refractivity contribution < 1.29 is 19.1 Å². The van der Waals surface area contributed by atoms with Crippen LogP contribution < -0.4 is 10.1 Å². The molecule has 0 fully saturated rings. The highest BCUT2D eigenvalue weighted by atomic mass is 35.5. The lowest BCUT2D eigenvalue weighted by Crippen LogP contribution is -2.15. The van der Waals surface area contributed by atoms with Crippen LogP contribution in [0, 0.1) is 0 Å².